The van der Waals surface area contributed by atoms with Crippen molar-refractivity contribution in [2.24, 2.45) is 0 Å². The number of hydrogen-bond donors (Lipinski definition) is 0. The third kappa shape index (κ3) is 5.27. The summed E-state index contributed by atoms with van der Waals surface area (Å²) in [5.41, 5.74) is 1.51. The molecule has 8 heteroatoms. The number of halogens is 1. The summed E-state index contributed by atoms with van der Waals surface area (Å²) < 4.78 is 34.7. The van der Waals surface area contributed by atoms with Crippen LogP contribution in [0.5, 0.6) is 0 Å². The van der Waals surface area contributed by atoms with Crippen LogP contribution in [0.2, 0.25) is 5.02 Å². The van der Waals surface area contributed by atoms with Crippen LogP contribution in [-0.2, 0) is 21.3 Å². The summed E-state index contributed by atoms with van der Waals surface area (Å²) in [5, 5.41) is 0.325. The van der Waals surface area contributed by atoms with Crippen molar-refractivity contribution in [3.8, 4) is 0 Å². The average molecular weight is 499 g/mol. The molecule has 1 fully saturated rings. The van der Waals surface area contributed by atoms with Gasteiger partial charge in [0, 0.05) is 18.7 Å². The van der Waals surface area contributed by atoms with Crippen LogP contribution >= 0.6 is 11.6 Å². The predicted octanol–water partition coefficient (Wildman–Crippen LogP) is 4.98. The summed E-state index contributed by atoms with van der Waals surface area (Å²) in [5.74, 6) is -0.216. The highest BCUT2D eigenvalue weighted by Gasteiger charge is 2.30. The van der Waals surface area contributed by atoms with E-state index in [1.807, 2.05) is 44.2 Å². The molecule has 4 rings (SSSR count). The zero-order chi connectivity index (χ0) is 24.3. The second kappa shape index (κ2) is 10.2. The van der Waals surface area contributed by atoms with E-state index in [9.17, 15) is 13.2 Å². The van der Waals surface area contributed by atoms with Crippen molar-refractivity contribution in [2.75, 3.05) is 17.4 Å². The number of hydrogen-bond acceptors (Lipinski definition) is 4. The highest BCUT2D eigenvalue weighted by molar-refractivity contribution is 7.92. The monoisotopic (exact) mass is 498 g/mol. The van der Waals surface area contributed by atoms with E-state index in [-0.39, 0.29) is 29.6 Å². The van der Waals surface area contributed by atoms with Gasteiger partial charge in [0.05, 0.1) is 34.4 Å². The molecule has 3 aromatic carbocycles. The summed E-state index contributed by atoms with van der Waals surface area (Å²) in [6, 6.07) is 22.3. The molecule has 6 nitrogen and oxygen atoms in total. The Morgan fingerprint density at radius 2 is 1.62 bits per heavy atom. The lowest BCUT2D eigenvalue weighted by Gasteiger charge is -2.35. The van der Waals surface area contributed by atoms with Crippen molar-refractivity contribution < 1.29 is 17.9 Å². The van der Waals surface area contributed by atoms with Crippen LogP contribution in [0.1, 0.15) is 29.8 Å². The molecule has 2 atom stereocenters. The van der Waals surface area contributed by atoms with Crippen LogP contribution in [0, 0.1) is 0 Å². The second-order valence-electron chi connectivity index (χ2n) is 8.44. The van der Waals surface area contributed by atoms with Gasteiger partial charge in [-0.3, -0.25) is 9.10 Å². The Balaban J connectivity index is 1.71. The van der Waals surface area contributed by atoms with Gasteiger partial charge in [-0.15, -0.1) is 0 Å². The van der Waals surface area contributed by atoms with Crippen molar-refractivity contribution in [3.63, 3.8) is 0 Å². The molecule has 1 saturated heterocycles. The fraction of sp³-hybridized carbons (Fsp3) is 0.269. The Labute approximate surface area is 205 Å². The number of carbonyl (C=O) groups is 1. The molecule has 1 aliphatic rings. The average Bonchev–Trinajstić information content (AvgIpc) is 2.83. The van der Waals surface area contributed by atoms with Gasteiger partial charge in [-0.2, -0.15) is 0 Å². The standard InChI is InChI=1S/C26H27ClN2O4S/c1-19-16-28(17-20(2)33-19)26(30)22-11-8-12-23(15-22)34(31,32)29(18-21-9-4-3-5-10-21)25-14-7-6-13-24(25)27/h3-15,19-20H,16-18H2,1-2H3. The molecule has 1 heterocycles. The molecule has 2 unspecified atom stereocenters. The van der Waals surface area contributed by atoms with Gasteiger partial charge in [0.15, 0.2) is 0 Å². The first kappa shape index (κ1) is 24.3. The molecule has 0 aromatic heterocycles. The molecule has 1 amide bonds. The van der Waals surface area contributed by atoms with Crippen LogP contribution in [0.3, 0.4) is 0 Å². The van der Waals surface area contributed by atoms with E-state index in [2.05, 4.69) is 0 Å². The van der Waals surface area contributed by atoms with Crippen LogP contribution in [-0.4, -0.2) is 44.5 Å². The van der Waals surface area contributed by atoms with Gasteiger partial charge in [-0.05, 0) is 49.7 Å². The smallest absolute Gasteiger partial charge is 0.264 e. The SMILES string of the molecule is CC1CN(C(=O)c2cccc(S(=O)(=O)N(Cc3ccccc3)c3ccccc3Cl)c2)CC(C)O1. The number of amides is 1. The predicted molar refractivity (Wildman–Crippen MR) is 134 cm³/mol. The number of para-hydroxylation sites is 1. The Bertz CT molecular complexity index is 1260. The molecule has 0 aliphatic carbocycles. The minimum absolute atomic E-state index is 0.0311. The molecule has 0 N–H and O–H groups in total. The topological polar surface area (TPSA) is 66.9 Å². The minimum Gasteiger partial charge on any atom is -0.372 e. The van der Waals surface area contributed by atoms with Crippen molar-refractivity contribution in [1.82, 2.24) is 4.90 Å². The van der Waals surface area contributed by atoms with Crippen molar-refractivity contribution >= 4 is 33.2 Å². The highest BCUT2D eigenvalue weighted by Crippen LogP contribution is 2.32. The maximum absolute atomic E-state index is 13.9. The third-order valence-electron chi connectivity index (χ3n) is 5.67. The van der Waals surface area contributed by atoms with Crippen molar-refractivity contribution in [3.05, 3.63) is 95.0 Å². The summed E-state index contributed by atoms with van der Waals surface area (Å²) in [6.07, 6.45) is -0.164. The quantitative estimate of drug-likeness (QED) is 0.480. The Hall–Kier alpha value is -2.87. The van der Waals surface area contributed by atoms with E-state index < -0.39 is 10.0 Å². The lowest BCUT2D eigenvalue weighted by molar-refractivity contribution is -0.0586. The molecular weight excluding hydrogens is 472 g/mol. The molecule has 0 spiro atoms. The van der Waals surface area contributed by atoms with Crippen LogP contribution in [0.15, 0.2) is 83.8 Å². The first-order chi connectivity index (χ1) is 16.3. The van der Waals surface area contributed by atoms with Gasteiger partial charge in [-0.1, -0.05) is 60.1 Å². The number of rotatable bonds is 6. The Morgan fingerprint density at radius 1 is 0.971 bits per heavy atom. The van der Waals surface area contributed by atoms with Gasteiger partial charge in [0.1, 0.15) is 0 Å². The number of sulfonamides is 1. The number of nitrogens with zero attached hydrogens (tertiary/aromatic N) is 2. The zero-order valence-electron chi connectivity index (χ0n) is 19.1. The maximum Gasteiger partial charge on any atom is 0.264 e. The molecular formula is C26H27ClN2O4S. The lowest BCUT2D eigenvalue weighted by Crippen LogP contribution is -2.48. The van der Waals surface area contributed by atoms with Gasteiger partial charge < -0.3 is 9.64 Å². The minimum atomic E-state index is -4.03. The number of carbonyl (C=O) groups excluding carboxylic acids is 1. The second-order valence-corrected chi connectivity index (χ2v) is 10.7. The van der Waals surface area contributed by atoms with Crippen molar-refractivity contribution in [2.45, 2.75) is 37.5 Å². The van der Waals surface area contributed by atoms with Gasteiger partial charge in [-0.25, -0.2) is 8.42 Å². The number of morpholine rings is 1. The third-order valence-corrected chi connectivity index (χ3v) is 7.74. The van der Waals surface area contributed by atoms with Gasteiger partial charge >= 0.3 is 0 Å². The summed E-state index contributed by atoms with van der Waals surface area (Å²) >= 11 is 6.41. The summed E-state index contributed by atoms with van der Waals surface area (Å²) in [7, 11) is -4.03. The molecule has 178 valence electrons. The lowest BCUT2D eigenvalue weighted by atomic mass is 10.1. The van der Waals surface area contributed by atoms with Crippen LogP contribution < -0.4 is 4.31 Å². The molecule has 3 aromatic rings. The fourth-order valence-electron chi connectivity index (χ4n) is 4.15. The largest absolute Gasteiger partial charge is 0.372 e. The molecule has 1 aliphatic heterocycles. The molecule has 34 heavy (non-hydrogen) atoms. The summed E-state index contributed by atoms with van der Waals surface area (Å²) in [4.78, 5) is 14.9. The van der Waals surface area contributed by atoms with E-state index in [0.29, 0.717) is 29.4 Å². The zero-order valence-corrected chi connectivity index (χ0v) is 20.7. The van der Waals surface area contributed by atoms with E-state index in [1.54, 1.807) is 41.3 Å². The highest BCUT2D eigenvalue weighted by atomic mass is 35.5. The fourth-order valence-corrected chi connectivity index (χ4v) is 5.95. The molecule has 0 saturated carbocycles. The van der Waals surface area contributed by atoms with Gasteiger partial charge in [0.25, 0.3) is 15.9 Å². The van der Waals surface area contributed by atoms with E-state index in [4.69, 9.17) is 16.3 Å². The van der Waals surface area contributed by atoms with Crippen LogP contribution in [0.4, 0.5) is 5.69 Å². The first-order valence-corrected chi connectivity index (χ1v) is 12.9. The number of ether oxygens (including phenoxy) is 1. The first-order valence-electron chi connectivity index (χ1n) is 11.1. The molecule has 0 bridgehead atoms. The maximum atomic E-state index is 13.9. The Kier molecular flexibility index (Phi) is 7.26. The number of anilines is 1. The Morgan fingerprint density at radius 3 is 2.29 bits per heavy atom. The van der Waals surface area contributed by atoms with E-state index >= 15 is 0 Å². The summed E-state index contributed by atoms with van der Waals surface area (Å²) in [6.45, 7) is 4.85. The van der Waals surface area contributed by atoms with E-state index in [1.165, 1.54) is 16.4 Å². The molecule has 0 radical (unpaired) electrons. The number of benzene rings is 3. The normalized spacial score (nSPS) is 18.5. The van der Waals surface area contributed by atoms with E-state index in [0.717, 1.165) is 5.56 Å². The van der Waals surface area contributed by atoms with Crippen molar-refractivity contribution in [1.29, 1.82) is 0 Å². The van der Waals surface area contributed by atoms with Gasteiger partial charge in [0.2, 0.25) is 0 Å². The van der Waals surface area contributed by atoms with Crippen LogP contribution in [0.25, 0.3) is 0 Å².